The van der Waals surface area contributed by atoms with Crippen molar-refractivity contribution in [2.24, 2.45) is 5.92 Å². The number of rotatable bonds is 7. The van der Waals surface area contributed by atoms with Gasteiger partial charge in [0.25, 0.3) is 0 Å². The quantitative estimate of drug-likeness (QED) is 0.554. The molecule has 0 bridgehead atoms. The van der Waals surface area contributed by atoms with Crippen LogP contribution in [-0.4, -0.2) is 23.3 Å². The molecule has 1 unspecified atom stereocenters. The van der Waals surface area contributed by atoms with Gasteiger partial charge in [0, 0.05) is 31.7 Å². The third-order valence-corrected chi connectivity index (χ3v) is 5.68. The van der Waals surface area contributed by atoms with Crippen LogP contribution >= 0.6 is 11.6 Å². The van der Waals surface area contributed by atoms with Gasteiger partial charge in [0.15, 0.2) is 0 Å². The van der Waals surface area contributed by atoms with E-state index >= 15 is 0 Å². The highest BCUT2D eigenvalue weighted by molar-refractivity contribution is 6.33. The molecule has 0 aliphatic carbocycles. The molecule has 2 N–H and O–H groups in total. The van der Waals surface area contributed by atoms with Gasteiger partial charge in [-0.2, -0.15) is 0 Å². The number of hydrogen-bond acceptors (Lipinski definition) is 3. The molecule has 4 rings (SSSR count). The maximum absolute atomic E-state index is 12.7. The summed E-state index contributed by atoms with van der Waals surface area (Å²) in [6.07, 6.45) is 0.225. The topological polar surface area (TPSA) is 61.4 Å². The molecule has 0 saturated carbocycles. The van der Waals surface area contributed by atoms with Gasteiger partial charge in [0.1, 0.15) is 0 Å². The van der Waals surface area contributed by atoms with Crippen molar-refractivity contribution in [1.82, 2.24) is 4.90 Å². The minimum atomic E-state index is -0.370. The third-order valence-electron chi connectivity index (χ3n) is 5.36. The van der Waals surface area contributed by atoms with Crippen molar-refractivity contribution in [3.63, 3.8) is 0 Å². The van der Waals surface area contributed by atoms with Crippen LogP contribution < -0.4 is 10.6 Å². The van der Waals surface area contributed by atoms with Crippen LogP contribution in [0.3, 0.4) is 0 Å². The SMILES string of the molecule is O=C(Nc1ccc(NCc2ccccc2)c(Cl)c1)C1CC(=O)N(Cc2ccccc2)C1. The Morgan fingerprint density at radius 3 is 2.32 bits per heavy atom. The Balaban J connectivity index is 1.33. The minimum absolute atomic E-state index is 0.00231. The summed E-state index contributed by atoms with van der Waals surface area (Å²) in [6, 6.07) is 25.2. The number of nitrogens with zero attached hydrogens (tertiary/aromatic N) is 1. The van der Waals surface area contributed by atoms with E-state index in [0.29, 0.717) is 30.3 Å². The van der Waals surface area contributed by atoms with Gasteiger partial charge < -0.3 is 15.5 Å². The molecule has 6 heteroatoms. The molecule has 1 saturated heterocycles. The number of halogens is 1. The predicted octanol–water partition coefficient (Wildman–Crippen LogP) is 4.94. The molecule has 31 heavy (non-hydrogen) atoms. The highest BCUT2D eigenvalue weighted by atomic mass is 35.5. The Labute approximate surface area is 187 Å². The Hall–Kier alpha value is -3.31. The number of nitrogens with one attached hydrogen (secondary N) is 2. The Morgan fingerprint density at radius 1 is 0.968 bits per heavy atom. The van der Waals surface area contributed by atoms with Crippen LogP contribution in [0.25, 0.3) is 0 Å². The fourth-order valence-electron chi connectivity index (χ4n) is 3.68. The molecule has 0 radical (unpaired) electrons. The lowest BCUT2D eigenvalue weighted by molar-refractivity contribution is -0.128. The van der Waals surface area contributed by atoms with Gasteiger partial charge in [-0.05, 0) is 29.3 Å². The van der Waals surface area contributed by atoms with E-state index in [1.54, 1.807) is 11.0 Å². The molecule has 3 aromatic rings. The summed E-state index contributed by atoms with van der Waals surface area (Å²) in [7, 11) is 0. The number of benzene rings is 3. The summed E-state index contributed by atoms with van der Waals surface area (Å²) >= 11 is 6.40. The summed E-state index contributed by atoms with van der Waals surface area (Å²) in [6.45, 7) is 1.61. The lowest BCUT2D eigenvalue weighted by Gasteiger charge is -2.17. The molecule has 1 atom stereocenters. The Morgan fingerprint density at radius 2 is 1.65 bits per heavy atom. The van der Waals surface area contributed by atoms with Gasteiger partial charge in [0.05, 0.1) is 16.6 Å². The Bertz CT molecular complexity index is 1060. The van der Waals surface area contributed by atoms with Crippen molar-refractivity contribution < 1.29 is 9.59 Å². The first-order valence-electron chi connectivity index (χ1n) is 10.3. The molecular weight excluding hydrogens is 410 g/mol. The molecule has 2 amide bonds. The van der Waals surface area contributed by atoms with E-state index in [1.807, 2.05) is 72.8 Å². The molecule has 158 valence electrons. The third kappa shape index (κ3) is 5.44. The van der Waals surface area contributed by atoms with Gasteiger partial charge >= 0.3 is 0 Å². The maximum atomic E-state index is 12.7. The second-order valence-corrected chi connectivity index (χ2v) is 8.09. The van der Waals surface area contributed by atoms with Gasteiger partial charge in [-0.3, -0.25) is 9.59 Å². The molecule has 1 aliphatic rings. The van der Waals surface area contributed by atoms with Gasteiger partial charge in [0.2, 0.25) is 11.8 Å². The van der Waals surface area contributed by atoms with Crippen LogP contribution in [0, 0.1) is 5.92 Å². The van der Waals surface area contributed by atoms with Crippen molar-refractivity contribution in [3.8, 4) is 0 Å². The second kappa shape index (κ2) is 9.67. The highest BCUT2D eigenvalue weighted by Crippen LogP contribution is 2.27. The lowest BCUT2D eigenvalue weighted by atomic mass is 10.1. The second-order valence-electron chi connectivity index (χ2n) is 7.68. The van der Waals surface area contributed by atoms with Crippen LogP contribution in [-0.2, 0) is 22.7 Å². The van der Waals surface area contributed by atoms with Crippen molar-refractivity contribution in [2.75, 3.05) is 17.2 Å². The van der Waals surface area contributed by atoms with Crippen LogP contribution in [0.4, 0.5) is 11.4 Å². The summed E-state index contributed by atoms with van der Waals surface area (Å²) in [5.74, 6) is -0.529. The largest absolute Gasteiger partial charge is 0.380 e. The summed E-state index contributed by atoms with van der Waals surface area (Å²) < 4.78 is 0. The maximum Gasteiger partial charge on any atom is 0.229 e. The number of hydrogen-bond donors (Lipinski definition) is 2. The lowest BCUT2D eigenvalue weighted by Crippen LogP contribution is -2.28. The fourth-order valence-corrected chi connectivity index (χ4v) is 3.93. The van der Waals surface area contributed by atoms with Crippen molar-refractivity contribution in [3.05, 3.63) is 95.0 Å². The van der Waals surface area contributed by atoms with E-state index in [9.17, 15) is 9.59 Å². The van der Waals surface area contributed by atoms with Crippen molar-refractivity contribution in [1.29, 1.82) is 0 Å². The van der Waals surface area contributed by atoms with Gasteiger partial charge in [-0.1, -0.05) is 72.3 Å². The molecule has 0 aromatic heterocycles. The zero-order valence-corrected chi connectivity index (χ0v) is 17.8. The monoisotopic (exact) mass is 433 g/mol. The summed E-state index contributed by atoms with van der Waals surface area (Å²) in [4.78, 5) is 26.8. The first kappa shape index (κ1) is 20.9. The number of carbonyl (C=O) groups is 2. The van der Waals surface area contributed by atoms with Gasteiger partial charge in [-0.15, -0.1) is 0 Å². The first-order valence-corrected chi connectivity index (χ1v) is 10.7. The number of amides is 2. The van der Waals surface area contributed by atoms with E-state index in [0.717, 1.165) is 16.8 Å². The first-order chi connectivity index (χ1) is 15.1. The zero-order chi connectivity index (χ0) is 21.6. The van der Waals surface area contributed by atoms with E-state index in [2.05, 4.69) is 10.6 Å². The number of carbonyl (C=O) groups excluding carboxylic acids is 2. The average Bonchev–Trinajstić information content (AvgIpc) is 3.15. The van der Waals surface area contributed by atoms with E-state index in [4.69, 9.17) is 11.6 Å². The standard InChI is InChI=1S/C25H24ClN3O2/c26-22-14-21(11-12-23(22)27-15-18-7-3-1-4-8-18)28-25(31)20-13-24(30)29(17-20)16-19-9-5-2-6-10-19/h1-12,14,20,27H,13,15-17H2,(H,28,31). The highest BCUT2D eigenvalue weighted by Gasteiger charge is 2.34. The van der Waals surface area contributed by atoms with E-state index in [-0.39, 0.29) is 24.2 Å². The van der Waals surface area contributed by atoms with Crippen LogP contribution in [0.1, 0.15) is 17.5 Å². The number of anilines is 2. The molecular formula is C25H24ClN3O2. The van der Waals surface area contributed by atoms with Gasteiger partial charge in [-0.25, -0.2) is 0 Å². The van der Waals surface area contributed by atoms with Crippen molar-refractivity contribution in [2.45, 2.75) is 19.5 Å². The molecule has 0 spiro atoms. The zero-order valence-electron chi connectivity index (χ0n) is 17.1. The normalized spacial score (nSPS) is 15.7. The Kier molecular flexibility index (Phi) is 6.53. The van der Waals surface area contributed by atoms with Crippen molar-refractivity contribution >= 4 is 34.8 Å². The van der Waals surface area contributed by atoms with Crippen LogP contribution in [0.2, 0.25) is 5.02 Å². The summed E-state index contributed by atoms with van der Waals surface area (Å²) in [5, 5.41) is 6.73. The molecule has 1 heterocycles. The van der Waals surface area contributed by atoms with Crippen LogP contribution in [0.15, 0.2) is 78.9 Å². The average molecular weight is 434 g/mol. The predicted molar refractivity (Wildman–Crippen MR) is 124 cm³/mol. The van der Waals surface area contributed by atoms with E-state index in [1.165, 1.54) is 0 Å². The molecule has 1 fully saturated rings. The summed E-state index contributed by atoms with van der Waals surface area (Å²) in [5.41, 5.74) is 3.63. The fraction of sp³-hybridized carbons (Fsp3) is 0.200. The molecule has 1 aliphatic heterocycles. The molecule has 5 nitrogen and oxygen atoms in total. The number of likely N-dealkylation sites (tertiary alicyclic amines) is 1. The smallest absolute Gasteiger partial charge is 0.229 e. The van der Waals surface area contributed by atoms with E-state index < -0.39 is 0 Å². The van der Waals surface area contributed by atoms with Crippen LogP contribution in [0.5, 0.6) is 0 Å². The molecule has 3 aromatic carbocycles. The minimum Gasteiger partial charge on any atom is -0.380 e.